The number of benzene rings is 3. The molecule has 7 heteroatoms. The zero-order chi connectivity index (χ0) is 27.9. The number of aromatic nitrogens is 2. The number of oxazole rings is 1. The first kappa shape index (κ1) is 26.7. The lowest BCUT2D eigenvalue weighted by Gasteiger charge is -2.17. The highest BCUT2D eigenvalue weighted by atomic mass is 16.5. The van der Waals surface area contributed by atoms with Crippen LogP contribution >= 0.6 is 0 Å². The van der Waals surface area contributed by atoms with Crippen molar-refractivity contribution in [1.82, 2.24) is 9.55 Å². The molecule has 5 aromatic rings. The Morgan fingerprint density at radius 3 is 2.30 bits per heavy atom. The first-order valence-electron chi connectivity index (χ1n) is 13.1. The fourth-order valence-electron chi connectivity index (χ4n) is 4.52. The van der Waals surface area contributed by atoms with Crippen LogP contribution in [0.2, 0.25) is 0 Å². The van der Waals surface area contributed by atoms with Gasteiger partial charge in [-0.1, -0.05) is 60.7 Å². The summed E-state index contributed by atoms with van der Waals surface area (Å²) in [7, 11) is 1.37. The molecule has 7 nitrogen and oxygen atoms in total. The molecule has 0 aliphatic carbocycles. The quantitative estimate of drug-likeness (QED) is 0.147. The minimum atomic E-state index is -0.608. The van der Waals surface area contributed by atoms with Crippen LogP contribution in [-0.4, -0.2) is 35.0 Å². The molecular formula is C33H30N2O5. The Balaban J connectivity index is 1.20. The number of hydrogen-bond donors (Lipinski definition) is 0. The van der Waals surface area contributed by atoms with Gasteiger partial charge in [-0.15, -0.1) is 0 Å². The zero-order valence-electron chi connectivity index (χ0n) is 22.4. The lowest BCUT2D eigenvalue weighted by molar-refractivity contribution is -0.144. The van der Waals surface area contributed by atoms with Crippen LogP contribution in [0, 0.1) is 6.92 Å². The van der Waals surface area contributed by atoms with Crippen LogP contribution in [0.15, 0.2) is 108 Å². The Labute approximate surface area is 233 Å². The highest BCUT2D eigenvalue weighted by Gasteiger charge is 2.23. The van der Waals surface area contributed by atoms with Crippen LogP contribution in [-0.2, 0) is 22.4 Å². The monoisotopic (exact) mass is 534 g/mol. The van der Waals surface area contributed by atoms with Crippen LogP contribution in [0.3, 0.4) is 0 Å². The number of carbonyl (C=O) groups excluding carboxylic acids is 2. The number of nitrogens with zero attached hydrogens (tertiary/aromatic N) is 2. The van der Waals surface area contributed by atoms with Crippen molar-refractivity contribution in [1.29, 1.82) is 0 Å². The molecule has 202 valence electrons. The Morgan fingerprint density at radius 1 is 0.900 bits per heavy atom. The number of hydrogen-bond acceptors (Lipinski definition) is 6. The van der Waals surface area contributed by atoms with E-state index in [1.165, 1.54) is 7.11 Å². The second kappa shape index (κ2) is 12.3. The molecule has 0 aliphatic rings. The van der Waals surface area contributed by atoms with Crippen LogP contribution in [0.4, 0.5) is 0 Å². The molecule has 1 atom stereocenters. The standard InChI is InChI=1S/C33H30N2O5/c1-23-29(34-32(40-23)26-11-7-4-8-12-26)18-20-39-28-15-13-24(14-16-28)21-30(33(37)38-2)35-19-17-27(22-35)31(36)25-9-5-3-6-10-25/h3-17,19,22,30H,18,20-21H2,1-2H3/t30-/m0/s1. The molecule has 0 saturated heterocycles. The van der Waals surface area contributed by atoms with Gasteiger partial charge in [0, 0.05) is 41.9 Å². The first-order valence-corrected chi connectivity index (χ1v) is 13.1. The molecule has 0 unspecified atom stereocenters. The molecule has 0 saturated carbocycles. The zero-order valence-corrected chi connectivity index (χ0v) is 22.4. The predicted octanol–water partition coefficient (Wildman–Crippen LogP) is 6.26. The van der Waals surface area contributed by atoms with E-state index >= 15 is 0 Å². The Kier molecular flexibility index (Phi) is 8.21. The van der Waals surface area contributed by atoms with E-state index in [9.17, 15) is 9.59 Å². The molecular weight excluding hydrogens is 504 g/mol. The second-order valence-corrected chi connectivity index (χ2v) is 9.42. The smallest absolute Gasteiger partial charge is 0.329 e. The van der Waals surface area contributed by atoms with E-state index in [-0.39, 0.29) is 11.8 Å². The van der Waals surface area contributed by atoms with Crippen molar-refractivity contribution in [2.45, 2.75) is 25.8 Å². The summed E-state index contributed by atoms with van der Waals surface area (Å²) in [4.78, 5) is 30.1. The summed E-state index contributed by atoms with van der Waals surface area (Å²) < 4.78 is 18.6. The topological polar surface area (TPSA) is 83.6 Å². The molecule has 5 rings (SSSR count). The van der Waals surface area contributed by atoms with Crippen molar-refractivity contribution < 1.29 is 23.5 Å². The molecule has 0 radical (unpaired) electrons. The van der Waals surface area contributed by atoms with Crippen LogP contribution in [0.25, 0.3) is 11.5 Å². The number of rotatable bonds is 11. The van der Waals surface area contributed by atoms with Gasteiger partial charge >= 0.3 is 5.97 Å². The van der Waals surface area contributed by atoms with Gasteiger partial charge in [-0.2, -0.15) is 0 Å². The molecule has 0 bridgehead atoms. The minimum absolute atomic E-state index is 0.0958. The fourth-order valence-corrected chi connectivity index (χ4v) is 4.52. The SMILES string of the molecule is COC(=O)[C@H](Cc1ccc(OCCc2nc(-c3ccccc3)oc2C)cc1)n1ccc(C(=O)c2ccccc2)c1. The van der Waals surface area contributed by atoms with Crippen molar-refractivity contribution in [3.8, 4) is 17.2 Å². The van der Waals surface area contributed by atoms with Gasteiger partial charge in [0.05, 0.1) is 19.4 Å². The van der Waals surface area contributed by atoms with Gasteiger partial charge in [0.25, 0.3) is 0 Å². The maximum atomic E-state index is 12.8. The van der Waals surface area contributed by atoms with Crippen LogP contribution in [0.1, 0.15) is 39.0 Å². The third kappa shape index (κ3) is 6.21. The maximum Gasteiger partial charge on any atom is 0.329 e. The van der Waals surface area contributed by atoms with Crippen molar-refractivity contribution >= 4 is 11.8 Å². The lowest BCUT2D eigenvalue weighted by atomic mass is 10.1. The van der Waals surface area contributed by atoms with E-state index in [0.29, 0.717) is 36.5 Å². The summed E-state index contributed by atoms with van der Waals surface area (Å²) in [6.07, 6.45) is 4.46. The van der Waals surface area contributed by atoms with Gasteiger partial charge in [-0.3, -0.25) is 4.79 Å². The number of carbonyl (C=O) groups is 2. The van der Waals surface area contributed by atoms with Crippen molar-refractivity contribution in [3.63, 3.8) is 0 Å². The molecule has 40 heavy (non-hydrogen) atoms. The maximum absolute atomic E-state index is 12.8. The molecule has 3 aromatic carbocycles. The lowest BCUT2D eigenvalue weighted by Crippen LogP contribution is -2.22. The molecule has 2 heterocycles. The highest BCUT2D eigenvalue weighted by Crippen LogP contribution is 2.23. The van der Waals surface area contributed by atoms with Gasteiger partial charge in [-0.05, 0) is 42.8 Å². The van der Waals surface area contributed by atoms with Gasteiger partial charge in [0.2, 0.25) is 5.89 Å². The highest BCUT2D eigenvalue weighted by molar-refractivity contribution is 6.08. The predicted molar refractivity (Wildman–Crippen MR) is 151 cm³/mol. The molecule has 0 fully saturated rings. The first-order chi connectivity index (χ1) is 19.5. The summed E-state index contributed by atoms with van der Waals surface area (Å²) in [6, 6.07) is 27.6. The summed E-state index contributed by atoms with van der Waals surface area (Å²) >= 11 is 0. The van der Waals surface area contributed by atoms with Gasteiger partial charge in [0.1, 0.15) is 17.6 Å². The fraction of sp³-hybridized carbons (Fsp3) is 0.182. The summed E-state index contributed by atoms with van der Waals surface area (Å²) in [5, 5.41) is 0. The molecule has 0 amide bonds. The van der Waals surface area contributed by atoms with Gasteiger partial charge in [-0.25, -0.2) is 9.78 Å². The van der Waals surface area contributed by atoms with Crippen molar-refractivity contribution in [2.75, 3.05) is 13.7 Å². The van der Waals surface area contributed by atoms with Gasteiger partial charge in [0.15, 0.2) is 5.78 Å². The third-order valence-corrected chi connectivity index (χ3v) is 6.72. The molecule has 0 N–H and O–H groups in total. The molecule has 0 spiro atoms. The number of esters is 1. The summed E-state index contributed by atoms with van der Waals surface area (Å²) in [5.41, 5.74) is 3.86. The van der Waals surface area contributed by atoms with Crippen molar-refractivity contribution in [2.24, 2.45) is 0 Å². The average molecular weight is 535 g/mol. The normalized spacial score (nSPS) is 11.7. The number of ketones is 1. The van der Waals surface area contributed by atoms with Crippen molar-refractivity contribution in [3.05, 3.63) is 132 Å². The number of methoxy groups -OCH3 is 1. The minimum Gasteiger partial charge on any atom is -0.493 e. The van der Waals surface area contributed by atoms with E-state index in [1.807, 2.05) is 79.7 Å². The molecule has 0 aliphatic heterocycles. The largest absolute Gasteiger partial charge is 0.493 e. The third-order valence-electron chi connectivity index (χ3n) is 6.72. The second-order valence-electron chi connectivity index (χ2n) is 9.42. The van der Waals surface area contributed by atoms with Crippen LogP contribution in [0.5, 0.6) is 5.75 Å². The van der Waals surface area contributed by atoms with E-state index in [0.717, 1.165) is 28.3 Å². The van der Waals surface area contributed by atoms with E-state index in [4.69, 9.17) is 13.9 Å². The Bertz CT molecular complexity index is 1570. The average Bonchev–Trinajstić information content (AvgIpc) is 3.64. The van der Waals surface area contributed by atoms with E-state index in [1.54, 1.807) is 35.2 Å². The number of ether oxygens (including phenoxy) is 2. The summed E-state index contributed by atoms with van der Waals surface area (Å²) in [5.74, 6) is 1.63. The molecule has 2 aromatic heterocycles. The number of aryl methyl sites for hydroxylation is 1. The van der Waals surface area contributed by atoms with Crippen LogP contribution < -0.4 is 4.74 Å². The van der Waals surface area contributed by atoms with E-state index < -0.39 is 6.04 Å². The summed E-state index contributed by atoms with van der Waals surface area (Å²) in [6.45, 7) is 2.36. The Morgan fingerprint density at radius 2 is 1.60 bits per heavy atom. The van der Waals surface area contributed by atoms with E-state index in [2.05, 4.69) is 4.98 Å². The van der Waals surface area contributed by atoms with Gasteiger partial charge < -0.3 is 18.5 Å². The Hall–Kier alpha value is -4.91.